The van der Waals surface area contributed by atoms with Crippen LogP contribution in [0.25, 0.3) is 11.1 Å². The van der Waals surface area contributed by atoms with Crippen LogP contribution in [-0.2, 0) is 4.57 Å². The maximum Gasteiger partial charge on any atom is 0.319 e. The zero-order valence-electron chi connectivity index (χ0n) is 20.5. The molecule has 3 aromatic carbocycles. The predicted molar refractivity (Wildman–Crippen MR) is 142 cm³/mol. The molecule has 1 heterocycles. The monoisotopic (exact) mass is 567 g/mol. The summed E-state index contributed by atoms with van der Waals surface area (Å²) in [7, 11) is -2.81. The summed E-state index contributed by atoms with van der Waals surface area (Å²) in [4.78, 5) is 13.6. The summed E-state index contributed by atoms with van der Waals surface area (Å²) >= 11 is 5.71. The second-order valence-corrected chi connectivity index (χ2v) is 13.0. The molecule has 0 spiro atoms. The van der Waals surface area contributed by atoms with Crippen LogP contribution in [-0.4, -0.2) is 55.0 Å². The van der Waals surface area contributed by atoms with Gasteiger partial charge in [0.2, 0.25) is 0 Å². The second-order valence-electron chi connectivity index (χ2n) is 9.39. The number of benzene rings is 3. The summed E-state index contributed by atoms with van der Waals surface area (Å²) in [6, 6.07) is 10.8. The van der Waals surface area contributed by atoms with Crippen LogP contribution in [0, 0.1) is 23.4 Å². The lowest BCUT2D eigenvalue weighted by atomic mass is 10.0. The minimum absolute atomic E-state index is 0.0859. The molecule has 0 aliphatic carbocycles. The van der Waals surface area contributed by atoms with Gasteiger partial charge in [-0.15, -0.1) is 0 Å². The van der Waals surface area contributed by atoms with E-state index < -0.39 is 55.4 Å². The van der Waals surface area contributed by atoms with Crippen molar-refractivity contribution in [3.05, 3.63) is 77.1 Å². The van der Waals surface area contributed by atoms with E-state index in [0.717, 1.165) is 11.0 Å². The van der Waals surface area contributed by atoms with Crippen molar-refractivity contribution >= 4 is 41.5 Å². The Hall–Kier alpha value is -3.04. The number of halogens is 4. The summed E-state index contributed by atoms with van der Waals surface area (Å²) < 4.78 is 57.5. The highest BCUT2D eigenvalue weighted by molar-refractivity contribution is 7.70. The fourth-order valence-electron chi connectivity index (χ4n) is 4.56. The van der Waals surface area contributed by atoms with Crippen LogP contribution in [0.3, 0.4) is 0 Å². The topological polar surface area (TPSA) is 102 Å². The number of carbonyl (C=O) groups is 1. The molecule has 1 aliphatic rings. The van der Waals surface area contributed by atoms with Crippen LogP contribution in [0.15, 0.2) is 54.6 Å². The molecular formula is C26H26ClF3N3O4P. The van der Waals surface area contributed by atoms with Gasteiger partial charge in [0.1, 0.15) is 19.2 Å². The number of carbonyl (C=O) groups excluding carboxylic acids is 1. The fourth-order valence-corrected chi connectivity index (χ4v) is 5.94. The van der Waals surface area contributed by atoms with Gasteiger partial charge >= 0.3 is 6.03 Å². The number of hydrogen-bond donors (Lipinski definition) is 4. The zero-order chi connectivity index (χ0) is 27.8. The normalized spacial score (nSPS) is 19.5. The zero-order valence-corrected chi connectivity index (χ0v) is 22.1. The first-order chi connectivity index (χ1) is 17.9. The summed E-state index contributed by atoms with van der Waals surface area (Å²) in [5, 5.41) is 26.1. The van der Waals surface area contributed by atoms with Crippen LogP contribution < -0.4 is 20.8 Å². The molecule has 0 bridgehead atoms. The Morgan fingerprint density at radius 3 is 2.45 bits per heavy atom. The SMILES string of the molecule is CP(C)(=O)c1ccccc1-c1ccc(N2CC(CO)[C@@H](NC(=O)Nc3ccc(Cl)cc3F)[C@H]2O)c(F)c1F. The van der Waals surface area contributed by atoms with Gasteiger partial charge in [-0.05, 0) is 49.2 Å². The van der Waals surface area contributed by atoms with Gasteiger partial charge < -0.3 is 30.3 Å². The number of nitrogens with one attached hydrogen (secondary N) is 2. The summed E-state index contributed by atoms with van der Waals surface area (Å²) in [5.74, 6) is -3.96. The molecule has 38 heavy (non-hydrogen) atoms. The molecule has 0 aromatic heterocycles. The number of nitrogens with zero attached hydrogens (tertiary/aromatic N) is 1. The van der Waals surface area contributed by atoms with Gasteiger partial charge in [-0.1, -0.05) is 35.9 Å². The van der Waals surface area contributed by atoms with E-state index in [0.29, 0.717) is 10.9 Å². The first kappa shape index (κ1) is 28.0. The number of urea groups is 1. The van der Waals surface area contributed by atoms with Crippen molar-refractivity contribution in [3.63, 3.8) is 0 Å². The number of aliphatic hydroxyl groups is 2. The summed E-state index contributed by atoms with van der Waals surface area (Å²) in [6.45, 7) is 2.48. The van der Waals surface area contributed by atoms with Gasteiger partial charge in [0.05, 0.1) is 17.4 Å². The standard InChI is InChI=1S/C26H26ClF3N3O4P/c1-38(2,37)21-6-4-3-5-16(21)17-8-10-20(23(30)22(17)29)33-12-14(13-34)24(25(33)35)32-26(36)31-19-9-7-15(27)11-18(19)28/h3-11,14,24-25,34-35H,12-13H2,1-2H3,(H2,31,32,36)/t14?,24-,25-/m1/s1. The Balaban J connectivity index is 1.59. The third-order valence-corrected chi connectivity index (χ3v) is 8.22. The molecule has 2 amide bonds. The molecule has 4 N–H and O–H groups in total. The smallest absolute Gasteiger partial charge is 0.319 e. The maximum atomic E-state index is 15.4. The average molecular weight is 568 g/mol. The number of hydrogen-bond acceptors (Lipinski definition) is 5. The van der Waals surface area contributed by atoms with Crippen molar-refractivity contribution in [1.82, 2.24) is 5.32 Å². The van der Waals surface area contributed by atoms with Gasteiger partial charge in [-0.2, -0.15) is 0 Å². The first-order valence-corrected chi connectivity index (χ1v) is 14.6. The predicted octanol–water partition coefficient (Wildman–Crippen LogP) is 4.61. The molecule has 12 heteroatoms. The van der Waals surface area contributed by atoms with Crippen molar-refractivity contribution < 1.29 is 32.7 Å². The Morgan fingerprint density at radius 1 is 1.08 bits per heavy atom. The van der Waals surface area contributed by atoms with Crippen molar-refractivity contribution in [2.24, 2.45) is 5.92 Å². The lowest BCUT2D eigenvalue weighted by Gasteiger charge is -2.27. The lowest BCUT2D eigenvalue weighted by Crippen LogP contribution is -2.49. The van der Waals surface area contributed by atoms with E-state index in [9.17, 15) is 24.0 Å². The molecule has 3 atom stereocenters. The molecule has 7 nitrogen and oxygen atoms in total. The van der Waals surface area contributed by atoms with E-state index >= 15 is 8.78 Å². The average Bonchev–Trinajstić information content (AvgIpc) is 3.17. The van der Waals surface area contributed by atoms with E-state index in [2.05, 4.69) is 10.6 Å². The van der Waals surface area contributed by atoms with Gasteiger partial charge in [-0.3, -0.25) is 0 Å². The van der Waals surface area contributed by atoms with Crippen molar-refractivity contribution in [2.45, 2.75) is 12.3 Å². The molecule has 0 radical (unpaired) electrons. The van der Waals surface area contributed by atoms with Crippen LogP contribution >= 0.6 is 18.7 Å². The largest absolute Gasteiger partial charge is 0.396 e. The molecule has 202 valence electrons. The third kappa shape index (κ3) is 5.54. The van der Waals surface area contributed by atoms with Crippen LogP contribution in [0.4, 0.5) is 29.3 Å². The number of amides is 2. The Kier molecular flexibility index (Phi) is 8.09. The quantitative estimate of drug-likeness (QED) is 0.326. The molecule has 1 unspecified atom stereocenters. The second kappa shape index (κ2) is 11.0. The Morgan fingerprint density at radius 2 is 1.79 bits per heavy atom. The third-order valence-electron chi connectivity index (χ3n) is 6.44. The molecule has 1 fully saturated rings. The fraction of sp³-hybridized carbons (Fsp3) is 0.269. The Bertz CT molecular complexity index is 1420. The molecule has 0 saturated carbocycles. The number of anilines is 2. The maximum absolute atomic E-state index is 15.4. The van der Waals surface area contributed by atoms with Gasteiger partial charge in [0.25, 0.3) is 0 Å². The summed E-state index contributed by atoms with van der Waals surface area (Å²) in [5.41, 5.74) is -0.231. The van der Waals surface area contributed by atoms with Crippen LogP contribution in [0.2, 0.25) is 5.02 Å². The van der Waals surface area contributed by atoms with E-state index in [1.54, 1.807) is 24.3 Å². The minimum Gasteiger partial charge on any atom is -0.396 e. The molecule has 4 rings (SSSR count). The van der Waals surface area contributed by atoms with Crippen LogP contribution in [0.5, 0.6) is 0 Å². The highest BCUT2D eigenvalue weighted by Crippen LogP contribution is 2.41. The van der Waals surface area contributed by atoms with Gasteiger partial charge in [0.15, 0.2) is 11.6 Å². The number of aliphatic hydroxyl groups excluding tert-OH is 2. The highest BCUT2D eigenvalue weighted by Gasteiger charge is 2.43. The lowest BCUT2D eigenvalue weighted by molar-refractivity contribution is 0.125. The molecular weight excluding hydrogens is 542 g/mol. The molecule has 3 aromatic rings. The molecule has 1 aliphatic heterocycles. The minimum atomic E-state index is -2.81. The van der Waals surface area contributed by atoms with Gasteiger partial charge in [-0.25, -0.2) is 18.0 Å². The van der Waals surface area contributed by atoms with E-state index in [1.165, 1.54) is 37.6 Å². The summed E-state index contributed by atoms with van der Waals surface area (Å²) in [6.07, 6.45) is -1.54. The van der Waals surface area contributed by atoms with Crippen molar-refractivity contribution in [3.8, 4) is 11.1 Å². The van der Waals surface area contributed by atoms with Crippen LogP contribution in [0.1, 0.15) is 0 Å². The van der Waals surface area contributed by atoms with Crippen molar-refractivity contribution in [1.29, 1.82) is 0 Å². The first-order valence-electron chi connectivity index (χ1n) is 11.6. The van der Waals surface area contributed by atoms with Crippen molar-refractivity contribution in [2.75, 3.05) is 36.7 Å². The van der Waals surface area contributed by atoms with E-state index in [1.807, 2.05) is 0 Å². The molecule has 1 saturated heterocycles. The highest BCUT2D eigenvalue weighted by atomic mass is 35.5. The van der Waals surface area contributed by atoms with Gasteiger partial charge in [0, 0.05) is 35.0 Å². The van der Waals surface area contributed by atoms with E-state index in [-0.39, 0.29) is 28.5 Å². The van der Waals surface area contributed by atoms with E-state index in [4.69, 9.17) is 11.6 Å². The Labute approximate surface area is 222 Å². The number of rotatable bonds is 6.